The van der Waals surface area contributed by atoms with E-state index in [2.05, 4.69) is 87.4 Å². The molecule has 1 fully saturated rings. The Bertz CT molecular complexity index is 701. The molecule has 0 amide bonds. The third-order valence-electron chi connectivity index (χ3n) is 5.33. The van der Waals surface area contributed by atoms with E-state index >= 15 is 0 Å². The Balaban J connectivity index is 0.00000117. The summed E-state index contributed by atoms with van der Waals surface area (Å²) >= 11 is 0. The lowest BCUT2D eigenvalue weighted by atomic mass is 9.80. The zero-order valence-electron chi connectivity index (χ0n) is 16.4. The summed E-state index contributed by atoms with van der Waals surface area (Å²) in [6, 6.07) is 17.2. The van der Waals surface area contributed by atoms with E-state index in [0.717, 1.165) is 23.0 Å². The van der Waals surface area contributed by atoms with Gasteiger partial charge in [-0.15, -0.1) is 13.2 Å². The molecule has 0 unspecified atom stereocenters. The molecule has 136 valence electrons. The maximum absolute atomic E-state index is 3.27. The molecule has 0 radical (unpaired) electrons. The summed E-state index contributed by atoms with van der Waals surface area (Å²) in [6.07, 6.45) is 8.28. The zero-order valence-corrected chi connectivity index (χ0v) is 16.4. The molecule has 0 heteroatoms. The maximum Gasteiger partial charge on any atom is 0.0249 e. The van der Waals surface area contributed by atoms with Gasteiger partial charge < -0.3 is 0 Å². The van der Waals surface area contributed by atoms with Crippen molar-refractivity contribution in [2.45, 2.75) is 52.4 Å². The molecule has 0 atom stereocenters. The van der Waals surface area contributed by atoms with Crippen LogP contribution in [0.3, 0.4) is 0 Å². The van der Waals surface area contributed by atoms with Crippen LogP contribution in [-0.4, -0.2) is 0 Å². The molecule has 2 aromatic rings. The molecule has 0 nitrogen and oxygen atoms in total. The standard InChI is InChI=1S/C24H28.C2H4/c1-19-3-7-21(8-4-19)11-13-23-15-17-24(18-16-23)14-12-22-9-5-20(2)6-10-22;1-2/h3-4,7-8,15-18,20,22H,5-6,9-10,12,14H2,1-2H3;1-2H2. The van der Waals surface area contributed by atoms with Gasteiger partial charge >= 0.3 is 0 Å². The Labute approximate surface area is 160 Å². The SMILES string of the molecule is C=C.Cc1ccc(C#Cc2ccc(CCC3CCC(C)CC3)cc2)cc1. The molecule has 0 aliphatic heterocycles. The fourth-order valence-electron chi connectivity index (χ4n) is 3.52. The van der Waals surface area contributed by atoms with E-state index < -0.39 is 0 Å². The van der Waals surface area contributed by atoms with Gasteiger partial charge in [0.2, 0.25) is 0 Å². The van der Waals surface area contributed by atoms with E-state index in [4.69, 9.17) is 0 Å². The van der Waals surface area contributed by atoms with Crippen LogP contribution < -0.4 is 0 Å². The van der Waals surface area contributed by atoms with E-state index in [1.807, 2.05) is 0 Å². The van der Waals surface area contributed by atoms with Gasteiger partial charge in [0.15, 0.2) is 0 Å². The highest BCUT2D eigenvalue weighted by atomic mass is 14.2. The van der Waals surface area contributed by atoms with Crippen LogP contribution in [0.5, 0.6) is 0 Å². The molecule has 0 aromatic heterocycles. The molecular formula is C26H32. The summed E-state index contributed by atoms with van der Waals surface area (Å²) in [6.45, 7) is 10.5. The average Bonchev–Trinajstić information content (AvgIpc) is 2.69. The molecule has 0 bridgehead atoms. The van der Waals surface area contributed by atoms with Gasteiger partial charge in [0, 0.05) is 11.1 Å². The van der Waals surface area contributed by atoms with Crippen molar-refractivity contribution in [3.05, 3.63) is 83.9 Å². The lowest BCUT2D eigenvalue weighted by Gasteiger charge is -2.26. The number of aryl methyl sites for hydroxylation is 2. The fourth-order valence-corrected chi connectivity index (χ4v) is 3.52. The van der Waals surface area contributed by atoms with Crippen LogP contribution in [0.4, 0.5) is 0 Å². The maximum atomic E-state index is 3.27. The summed E-state index contributed by atoms with van der Waals surface area (Å²) in [4.78, 5) is 0. The van der Waals surface area contributed by atoms with Gasteiger partial charge in [0.1, 0.15) is 0 Å². The van der Waals surface area contributed by atoms with E-state index in [-0.39, 0.29) is 0 Å². The largest absolute Gasteiger partial charge is 0.106 e. The minimum absolute atomic E-state index is 0.946. The van der Waals surface area contributed by atoms with Gasteiger partial charge in [0.25, 0.3) is 0 Å². The summed E-state index contributed by atoms with van der Waals surface area (Å²) in [5, 5.41) is 0. The molecule has 0 spiro atoms. The predicted molar refractivity (Wildman–Crippen MR) is 114 cm³/mol. The van der Waals surface area contributed by atoms with Gasteiger partial charge in [-0.3, -0.25) is 0 Å². The van der Waals surface area contributed by atoms with Crippen molar-refractivity contribution in [3.63, 3.8) is 0 Å². The first-order chi connectivity index (χ1) is 12.7. The van der Waals surface area contributed by atoms with Crippen molar-refractivity contribution in [1.29, 1.82) is 0 Å². The topological polar surface area (TPSA) is 0 Å². The van der Waals surface area contributed by atoms with Crippen LogP contribution in [0.1, 0.15) is 61.3 Å². The van der Waals surface area contributed by atoms with E-state index in [1.54, 1.807) is 0 Å². The first kappa shape index (κ1) is 20.1. The van der Waals surface area contributed by atoms with Crippen molar-refractivity contribution < 1.29 is 0 Å². The normalized spacial score (nSPS) is 18.8. The number of rotatable bonds is 3. The van der Waals surface area contributed by atoms with E-state index in [0.29, 0.717) is 0 Å². The summed E-state index contributed by atoms with van der Waals surface area (Å²) in [5.41, 5.74) is 4.91. The van der Waals surface area contributed by atoms with Crippen LogP contribution >= 0.6 is 0 Å². The average molecular weight is 345 g/mol. The van der Waals surface area contributed by atoms with E-state index in [9.17, 15) is 0 Å². The van der Waals surface area contributed by atoms with Gasteiger partial charge in [-0.2, -0.15) is 0 Å². The third-order valence-corrected chi connectivity index (χ3v) is 5.33. The summed E-state index contributed by atoms with van der Waals surface area (Å²) < 4.78 is 0. The minimum Gasteiger partial charge on any atom is -0.106 e. The Hall–Kier alpha value is -2.26. The van der Waals surface area contributed by atoms with Gasteiger partial charge in [-0.05, 0) is 61.4 Å². The van der Waals surface area contributed by atoms with Gasteiger partial charge in [-0.1, -0.05) is 74.3 Å². The Kier molecular flexibility index (Phi) is 8.23. The first-order valence-corrected chi connectivity index (χ1v) is 9.86. The summed E-state index contributed by atoms with van der Waals surface area (Å²) in [5.74, 6) is 8.41. The van der Waals surface area contributed by atoms with Gasteiger partial charge in [0.05, 0.1) is 0 Å². The molecule has 0 saturated heterocycles. The Morgan fingerprint density at radius 3 is 1.85 bits per heavy atom. The first-order valence-electron chi connectivity index (χ1n) is 9.86. The highest BCUT2D eigenvalue weighted by Crippen LogP contribution is 2.31. The van der Waals surface area contributed by atoms with Gasteiger partial charge in [-0.25, -0.2) is 0 Å². The molecule has 1 aliphatic rings. The van der Waals surface area contributed by atoms with Crippen molar-refractivity contribution in [2.24, 2.45) is 11.8 Å². The molecule has 0 N–H and O–H groups in total. The van der Waals surface area contributed by atoms with E-state index in [1.165, 1.54) is 49.7 Å². The number of hydrogen-bond acceptors (Lipinski definition) is 0. The quantitative estimate of drug-likeness (QED) is 0.417. The second kappa shape index (κ2) is 10.7. The molecule has 0 heterocycles. The van der Waals surface area contributed by atoms with Crippen molar-refractivity contribution in [2.75, 3.05) is 0 Å². The molecule has 1 saturated carbocycles. The zero-order chi connectivity index (χ0) is 18.8. The molecular weight excluding hydrogens is 312 g/mol. The molecule has 26 heavy (non-hydrogen) atoms. The monoisotopic (exact) mass is 344 g/mol. The number of benzene rings is 2. The fraction of sp³-hybridized carbons (Fsp3) is 0.385. The van der Waals surface area contributed by atoms with Crippen molar-refractivity contribution in [1.82, 2.24) is 0 Å². The van der Waals surface area contributed by atoms with Crippen LogP contribution in [0.25, 0.3) is 0 Å². The second-order valence-corrected chi connectivity index (χ2v) is 7.48. The molecule has 2 aromatic carbocycles. The smallest absolute Gasteiger partial charge is 0.0249 e. The summed E-state index contributed by atoms with van der Waals surface area (Å²) in [7, 11) is 0. The van der Waals surface area contributed by atoms with Crippen molar-refractivity contribution >= 4 is 0 Å². The lowest BCUT2D eigenvalue weighted by molar-refractivity contribution is 0.278. The Morgan fingerprint density at radius 2 is 1.31 bits per heavy atom. The molecule has 3 rings (SSSR count). The highest BCUT2D eigenvalue weighted by Gasteiger charge is 2.17. The minimum atomic E-state index is 0.946. The Morgan fingerprint density at radius 1 is 0.808 bits per heavy atom. The van der Waals surface area contributed by atoms with Crippen LogP contribution in [0, 0.1) is 30.6 Å². The number of hydrogen-bond donors (Lipinski definition) is 0. The second-order valence-electron chi connectivity index (χ2n) is 7.48. The van der Waals surface area contributed by atoms with Crippen LogP contribution in [0.15, 0.2) is 61.7 Å². The predicted octanol–water partition coefficient (Wildman–Crippen LogP) is 6.96. The van der Waals surface area contributed by atoms with Crippen LogP contribution in [-0.2, 0) is 6.42 Å². The van der Waals surface area contributed by atoms with Crippen LogP contribution in [0.2, 0.25) is 0 Å². The van der Waals surface area contributed by atoms with Crippen molar-refractivity contribution in [3.8, 4) is 11.8 Å². The third kappa shape index (κ3) is 6.57. The highest BCUT2D eigenvalue weighted by molar-refractivity contribution is 5.43. The molecule has 1 aliphatic carbocycles. The lowest BCUT2D eigenvalue weighted by Crippen LogP contribution is -2.12.